The summed E-state index contributed by atoms with van der Waals surface area (Å²) in [7, 11) is 0. The zero-order valence-corrected chi connectivity index (χ0v) is 14.6. The molecule has 4 rings (SSSR count). The van der Waals surface area contributed by atoms with Gasteiger partial charge in [0, 0.05) is 5.69 Å². The number of fused-ring (bicyclic) bond motifs is 3. The fourth-order valence-electron chi connectivity index (χ4n) is 4.25. The van der Waals surface area contributed by atoms with E-state index in [1.54, 1.807) is 4.90 Å². The van der Waals surface area contributed by atoms with E-state index >= 15 is 0 Å². The molecule has 0 bridgehead atoms. The number of carbonyl (C=O) groups is 2. The molecule has 1 aromatic carbocycles. The van der Waals surface area contributed by atoms with E-state index in [9.17, 15) is 14.0 Å². The first kappa shape index (κ1) is 16.8. The summed E-state index contributed by atoms with van der Waals surface area (Å²) in [6, 6.07) is 5.79. The fraction of sp³-hybridized carbons (Fsp3) is 0.500. The van der Waals surface area contributed by atoms with Crippen LogP contribution in [0.2, 0.25) is 0 Å². The molecule has 7 nitrogen and oxygen atoms in total. The maximum absolute atomic E-state index is 13.0. The molecule has 1 saturated carbocycles. The van der Waals surface area contributed by atoms with Gasteiger partial charge in [0.1, 0.15) is 18.2 Å². The van der Waals surface area contributed by atoms with E-state index in [1.807, 2.05) is 6.92 Å². The van der Waals surface area contributed by atoms with Crippen LogP contribution < -0.4 is 10.7 Å². The summed E-state index contributed by atoms with van der Waals surface area (Å²) < 4.78 is 13.0. The summed E-state index contributed by atoms with van der Waals surface area (Å²) in [4.78, 5) is 29.2. The standard InChI is InChI=1S/C18H22FN5O2/c1-11-21-22-17-18(26)23(14-4-2-3-5-15(14)24(11)17)10-16(25)20-13-8-6-12(19)7-9-13/h6-9,14-15,17,22H,2-5,10H2,1H3,(H,20,25). The highest BCUT2D eigenvalue weighted by molar-refractivity contribution is 5.97. The van der Waals surface area contributed by atoms with Crippen LogP contribution in [0.25, 0.3) is 0 Å². The van der Waals surface area contributed by atoms with Gasteiger partial charge in [0.05, 0.1) is 12.1 Å². The van der Waals surface area contributed by atoms with E-state index in [0.717, 1.165) is 31.5 Å². The Morgan fingerprint density at radius 3 is 2.69 bits per heavy atom. The van der Waals surface area contributed by atoms with Gasteiger partial charge in [-0.05, 0) is 44.0 Å². The summed E-state index contributed by atoms with van der Waals surface area (Å²) >= 11 is 0. The lowest BCUT2D eigenvalue weighted by Crippen LogP contribution is -2.69. The zero-order chi connectivity index (χ0) is 18.3. The number of benzene rings is 1. The van der Waals surface area contributed by atoms with Gasteiger partial charge in [0.2, 0.25) is 5.91 Å². The van der Waals surface area contributed by atoms with Crippen LogP contribution in [0.3, 0.4) is 0 Å². The van der Waals surface area contributed by atoms with E-state index in [1.165, 1.54) is 24.3 Å². The number of hydrogen-bond acceptors (Lipinski definition) is 5. The van der Waals surface area contributed by atoms with Gasteiger partial charge in [-0.25, -0.2) is 4.39 Å². The van der Waals surface area contributed by atoms with Crippen LogP contribution in [-0.4, -0.2) is 52.2 Å². The van der Waals surface area contributed by atoms with Crippen LogP contribution in [0.4, 0.5) is 10.1 Å². The third-order valence-corrected chi connectivity index (χ3v) is 5.41. The number of hydrazone groups is 1. The molecule has 0 spiro atoms. The van der Waals surface area contributed by atoms with E-state index in [0.29, 0.717) is 5.69 Å². The Morgan fingerprint density at radius 2 is 1.96 bits per heavy atom. The van der Waals surface area contributed by atoms with Crippen LogP contribution in [0, 0.1) is 5.82 Å². The van der Waals surface area contributed by atoms with Gasteiger partial charge < -0.3 is 15.1 Å². The molecule has 3 atom stereocenters. The van der Waals surface area contributed by atoms with Crippen molar-refractivity contribution < 1.29 is 14.0 Å². The first-order valence-electron chi connectivity index (χ1n) is 8.98. The number of halogens is 1. The van der Waals surface area contributed by atoms with Crippen LogP contribution in [0.1, 0.15) is 32.6 Å². The van der Waals surface area contributed by atoms with Crippen molar-refractivity contribution in [3.05, 3.63) is 30.1 Å². The molecule has 2 amide bonds. The molecular formula is C18H22FN5O2. The predicted molar refractivity (Wildman–Crippen MR) is 94.7 cm³/mol. The number of piperazine rings is 1. The van der Waals surface area contributed by atoms with Crippen molar-refractivity contribution >= 4 is 23.3 Å². The van der Waals surface area contributed by atoms with E-state index in [-0.39, 0.29) is 36.3 Å². The van der Waals surface area contributed by atoms with Crippen molar-refractivity contribution in [3.8, 4) is 0 Å². The molecule has 2 aliphatic heterocycles. The highest BCUT2D eigenvalue weighted by Crippen LogP contribution is 2.34. The Morgan fingerprint density at radius 1 is 1.27 bits per heavy atom. The lowest BCUT2D eigenvalue weighted by molar-refractivity contribution is -0.151. The Bertz CT molecular complexity index is 750. The highest BCUT2D eigenvalue weighted by atomic mass is 19.1. The lowest BCUT2D eigenvalue weighted by Gasteiger charge is -2.50. The highest BCUT2D eigenvalue weighted by Gasteiger charge is 2.50. The van der Waals surface area contributed by atoms with E-state index < -0.39 is 6.17 Å². The summed E-state index contributed by atoms with van der Waals surface area (Å²) in [5.41, 5.74) is 3.41. The largest absolute Gasteiger partial charge is 0.325 e. The zero-order valence-electron chi connectivity index (χ0n) is 14.6. The monoisotopic (exact) mass is 359 g/mol. The van der Waals surface area contributed by atoms with Gasteiger partial charge in [-0.15, -0.1) is 0 Å². The third kappa shape index (κ3) is 2.89. The predicted octanol–water partition coefficient (Wildman–Crippen LogP) is 1.48. The Kier molecular flexibility index (Phi) is 4.26. The Balaban J connectivity index is 1.50. The SMILES string of the molecule is CC1=NNC2C(=O)N(CC(=O)Nc3ccc(F)cc3)C3CCCCC3N12. The van der Waals surface area contributed by atoms with Gasteiger partial charge >= 0.3 is 0 Å². The van der Waals surface area contributed by atoms with Crippen LogP contribution >= 0.6 is 0 Å². The minimum atomic E-state index is -0.520. The first-order chi connectivity index (χ1) is 12.5. The number of nitrogens with one attached hydrogen (secondary N) is 2. The molecule has 0 radical (unpaired) electrons. The first-order valence-corrected chi connectivity index (χ1v) is 8.98. The third-order valence-electron chi connectivity index (χ3n) is 5.41. The van der Waals surface area contributed by atoms with Crippen LogP contribution in [0.5, 0.6) is 0 Å². The Labute approximate surface area is 151 Å². The van der Waals surface area contributed by atoms with Gasteiger partial charge in [-0.2, -0.15) is 5.10 Å². The average Bonchev–Trinajstić information content (AvgIpc) is 3.03. The van der Waals surface area contributed by atoms with Crippen molar-refractivity contribution in [2.24, 2.45) is 5.10 Å². The topological polar surface area (TPSA) is 77.0 Å². The number of amides is 2. The normalized spacial score (nSPS) is 27.4. The minimum Gasteiger partial charge on any atom is -0.325 e. The van der Waals surface area contributed by atoms with Crippen molar-refractivity contribution in [1.29, 1.82) is 0 Å². The molecule has 1 aromatic rings. The quantitative estimate of drug-likeness (QED) is 0.857. The molecule has 138 valence electrons. The average molecular weight is 359 g/mol. The maximum atomic E-state index is 13.0. The number of nitrogens with zero attached hydrogens (tertiary/aromatic N) is 3. The molecule has 3 unspecified atom stereocenters. The summed E-state index contributed by atoms with van der Waals surface area (Å²) in [6.07, 6.45) is 3.51. The Hall–Kier alpha value is -2.64. The lowest BCUT2D eigenvalue weighted by atomic mass is 9.85. The molecule has 0 aromatic heterocycles. The van der Waals surface area contributed by atoms with Crippen LogP contribution in [0.15, 0.2) is 29.4 Å². The van der Waals surface area contributed by atoms with E-state index in [4.69, 9.17) is 0 Å². The molecule has 1 aliphatic carbocycles. The second kappa shape index (κ2) is 6.59. The number of hydrogen-bond donors (Lipinski definition) is 2. The minimum absolute atomic E-state index is 0.0107. The molecule has 2 fully saturated rings. The van der Waals surface area contributed by atoms with Crippen molar-refractivity contribution in [3.63, 3.8) is 0 Å². The molecular weight excluding hydrogens is 337 g/mol. The number of rotatable bonds is 3. The van der Waals surface area contributed by atoms with Gasteiger partial charge in [-0.3, -0.25) is 15.0 Å². The summed E-state index contributed by atoms with van der Waals surface area (Å²) in [5, 5.41) is 6.96. The second-order valence-electron chi connectivity index (χ2n) is 7.04. The second-order valence-corrected chi connectivity index (χ2v) is 7.04. The molecule has 26 heavy (non-hydrogen) atoms. The summed E-state index contributed by atoms with van der Waals surface area (Å²) in [6.45, 7) is 1.89. The van der Waals surface area contributed by atoms with Crippen molar-refractivity contribution in [2.75, 3.05) is 11.9 Å². The number of amidine groups is 1. The fourth-order valence-corrected chi connectivity index (χ4v) is 4.25. The van der Waals surface area contributed by atoms with Gasteiger partial charge in [0.15, 0.2) is 6.17 Å². The van der Waals surface area contributed by atoms with Gasteiger partial charge in [0.25, 0.3) is 5.91 Å². The molecule has 1 saturated heterocycles. The number of anilines is 1. The number of carbonyl (C=O) groups excluding carboxylic acids is 2. The van der Waals surface area contributed by atoms with Crippen molar-refractivity contribution in [1.82, 2.24) is 15.2 Å². The molecule has 2 heterocycles. The maximum Gasteiger partial charge on any atom is 0.268 e. The van der Waals surface area contributed by atoms with Crippen molar-refractivity contribution in [2.45, 2.75) is 50.9 Å². The van der Waals surface area contributed by atoms with Gasteiger partial charge in [-0.1, -0.05) is 12.8 Å². The van der Waals surface area contributed by atoms with Crippen LogP contribution in [-0.2, 0) is 9.59 Å². The molecule has 8 heteroatoms. The molecule has 3 aliphatic rings. The van der Waals surface area contributed by atoms with E-state index in [2.05, 4.69) is 20.7 Å². The molecule has 2 N–H and O–H groups in total. The smallest absolute Gasteiger partial charge is 0.268 e. The summed E-state index contributed by atoms with van der Waals surface area (Å²) in [5.74, 6) is 0.0686.